The Morgan fingerprint density at radius 1 is 1.50 bits per heavy atom. The molecule has 0 spiro atoms. The van der Waals surface area contributed by atoms with Gasteiger partial charge in [-0.25, -0.2) is 0 Å². The quantitative estimate of drug-likeness (QED) is 0.857. The number of rotatable bonds is 3. The van der Waals surface area contributed by atoms with Crippen LogP contribution in [0.4, 0.5) is 5.69 Å². The molecule has 1 aliphatic heterocycles. The summed E-state index contributed by atoms with van der Waals surface area (Å²) in [7, 11) is 1.79. The minimum atomic E-state index is 0.325. The van der Waals surface area contributed by atoms with Crippen LogP contribution in [0.15, 0.2) is 18.2 Å². The average Bonchev–Trinajstić information content (AvgIpc) is 2.35. The molecule has 1 aliphatic rings. The second-order valence-electron chi connectivity index (χ2n) is 5.13. The van der Waals surface area contributed by atoms with Gasteiger partial charge in [-0.3, -0.25) is 4.90 Å². The van der Waals surface area contributed by atoms with Crippen LogP contribution in [0.2, 0.25) is 5.02 Å². The zero-order valence-corrected chi connectivity index (χ0v) is 11.8. The van der Waals surface area contributed by atoms with Crippen molar-refractivity contribution in [3.05, 3.63) is 28.8 Å². The van der Waals surface area contributed by atoms with E-state index in [4.69, 9.17) is 22.1 Å². The molecule has 0 aliphatic carbocycles. The summed E-state index contributed by atoms with van der Waals surface area (Å²) >= 11 is 6.21. The fraction of sp³-hybridized carbons (Fsp3) is 0.571. The molecule has 1 saturated heterocycles. The lowest BCUT2D eigenvalue weighted by Gasteiger charge is -2.36. The number of hydrogen-bond donors (Lipinski definition) is 1. The molecule has 1 fully saturated rings. The summed E-state index contributed by atoms with van der Waals surface area (Å²) in [6.07, 6.45) is 1.50. The van der Waals surface area contributed by atoms with E-state index in [9.17, 15) is 0 Å². The number of nitrogens with two attached hydrogens (primary N) is 1. The highest BCUT2D eigenvalue weighted by molar-refractivity contribution is 6.31. The molecule has 0 saturated carbocycles. The van der Waals surface area contributed by atoms with E-state index in [1.807, 2.05) is 18.2 Å². The molecule has 0 bridgehead atoms. The Labute approximate surface area is 114 Å². The lowest BCUT2D eigenvalue weighted by molar-refractivity contribution is -0.00744. The number of benzene rings is 1. The molecule has 0 aromatic heterocycles. The van der Waals surface area contributed by atoms with Crippen LogP contribution in [-0.2, 0) is 11.3 Å². The summed E-state index contributed by atoms with van der Waals surface area (Å²) in [4.78, 5) is 2.39. The molecule has 18 heavy (non-hydrogen) atoms. The molecule has 4 heteroatoms. The topological polar surface area (TPSA) is 38.5 Å². The molecule has 100 valence electrons. The normalized spacial score (nSPS) is 25.3. The monoisotopic (exact) mass is 268 g/mol. The second-order valence-corrected chi connectivity index (χ2v) is 5.53. The Balaban J connectivity index is 2.01. The number of nitrogens with zero attached hydrogens (tertiary/aromatic N) is 1. The molecule has 0 radical (unpaired) electrons. The first kappa shape index (κ1) is 13.7. The lowest BCUT2D eigenvalue weighted by Crippen LogP contribution is -2.43. The predicted molar refractivity (Wildman–Crippen MR) is 75.7 cm³/mol. The van der Waals surface area contributed by atoms with Crippen molar-refractivity contribution in [3.63, 3.8) is 0 Å². The molecule has 2 rings (SSSR count). The maximum Gasteiger partial charge on any atom is 0.0724 e. The lowest BCUT2D eigenvalue weighted by atomic mass is 9.95. The first-order valence-corrected chi connectivity index (χ1v) is 6.77. The van der Waals surface area contributed by atoms with Gasteiger partial charge in [-0.05, 0) is 36.6 Å². The van der Waals surface area contributed by atoms with Crippen molar-refractivity contribution >= 4 is 17.3 Å². The fourth-order valence-corrected chi connectivity index (χ4v) is 2.73. The van der Waals surface area contributed by atoms with Crippen LogP contribution < -0.4 is 5.73 Å². The number of ether oxygens (including phenoxy) is 1. The first-order chi connectivity index (χ1) is 8.60. The van der Waals surface area contributed by atoms with Crippen molar-refractivity contribution < 1.29 is 4.74 Å². The van der Waals surface area contributed by atoms with Crippen LogP contribution in [0, 0.1) is 5.92 Å². The molecule has 2 N–H and O–H groups in total. The zero-order chi connectivity index (χ0) is 13.1. The van der Waals surface area contributed by atoms with Crippen molar-refractivity contribution in [1.82, 2.24) is 4.90 Å². The maximum absolute atomic E-state index is 6.21. The molecule has 0 amide bonds. The van der Waals surface area contributed by atoms with E-state index in [1.165, 1.54) is 6.42 Å². The van der Waals surface area contributed by atoms with Gasteiger partial charge in [-0.1, -0.05) is 24.6 Å². The van der Waals surface area contributed by atoms with Gasteiger partial charge < -0.3 is 10.5 Å². The van der Waals surface area contributed by atoms with Crippen LogP contribution in [0.1, 0.15) is 18.9 Å². The summed E-state index contributed by atoms with van der Waals surface area (Å²) in [5.41, 5.74) is 7.55. The number of piperidine rings is 1. The van der Waals surface area contributed by atoms with Gasteiger partial charge in [0.25, 0.3) is 0 Å². The molecular formula is C14H21ClN2O. The first-order valence-electron chi connectivity index (χ1n) is 6.39. The third-order valence-electron chi connectivity index (χ3n) is 3.75. The average molecular weight is 269 g/mol. The second kappa shape index (κ2) is 5.91. The zero-order valence-electron chi connectivity index (χ0n) is 11.0. The van der Waals surface area contributed by atoms with Gasteiger partial charge >= 0.3 is 0 Å². The van der Waals surface area contributed by atoms with Crippen LogP contribution in [-0.4, -0.2) is 31.2 Å². The van der Waals surface area contributed by atoms with Gasteiger partial charge in [0.15, 0.2) is 0 Å². The van der Waals surface area contributed by atoms with E-state index >= 15 is 0 Å². The van der Waals surface area contributed by atoms with E-state index in [0.717, 1.165) is 30.2 Å². The Bertz CT molecular complexity index is 411. The number of anilines is 1. The van der Waals surface area contributed by atoms with Crippen LogP contribution in [0.25, 0.3) is 0 Å². The van der Waals surface area contributed by atoms with Crippen LogP contribution >= 0.6 is 11.6 Å². The molecule has 1 heterocycles. The van der Waals surface area contributed by atoms with Crippen molar-refractivity contribution in [2.24, 2.45) is 5.92 Å². The van der Waals surface area contributed by atoms with E-state index in [0.29, 0.717) is 17.7 Å². The van der Waals surface area contributed by atoms with Crippen LogP contribution in [0.5, 0.6) is 0 Å². The Kier molecular flexibility index (Phi) is 4.49. The minimum absolute atomic E-state index is 0.325. The highest BCUT2D eigenvalue weighted by Crippen LogP contribution is 2.24. The van der Waals surface area contributed by atoms with Crippen molar-refractivity contribution in [3.8, 4) is 0 Å². The number of nitrogen functional groups attached to an aromatic ring is 1. The Morgan fingerprint density at radius 3 is 2.94 bits per heavy atom. The summed E-state index contributed by atoms with van der Waals surface area (Å²) in [5, 5.41) is 0.752. The number of halogens is 1. The van der Waals surface area contributed by atoms with Crippen molar-refractivity contribution in [1.29, 1.82) is 0 Å². The molecule has 1 aromatic carbocycles. The van der Waals surface area contributed by atoms with Crippen molar-refractivity contribution in [2.45, 2.75) is 26.0 Å². The highest BCUT2D eigenvalue weighted by Gasteiger charge is 2.26. The third-order valence-corrected chi connectivity index (χ3v) is 4.10. The summed E-state index contributed by atoms with van der Waals surface area (Å²) in [5.74, 6) is 0.633. The SMILES string of the molecule is COC1CN(Cc2ccc(N)cc2Cl)CCC1C. The summed E-state index contributed by atoms with van der Waals surface area (Å²) in [6.45, 7) is 5.19. The fourth-order valence-electron chi connectivity index (χ4n) is 2.48. The van der Waals surface area contributed by atoms with E-state index in [-0.39, 0.29) is 0 Å². The van der Waals surface area contributed by atoms with Crippen molar-refractivity contribution in [2.75, 3.05) is 25.9 Å². The molecule has 1 aromatic rings. The van der Waals surface area contributed by atoms with E-state index < -0.39 is 0 Å². The van der Waals surface area contributed by atoms with Crippen LogP contribution in [0.3, 0.4) is 0 Å². The van der Waals surface area contributed by atoms with Gasteiger partial charge in [0.1, 0.15) is 0 Å². The Morgan fingerprint density at radius 2 is 2.28 bits per heavy atom. The summed E-state index contributed by atoms with van der Waals surface area (Å²) < 4.78 is 5.53. The van der Waals surface area contributed by atoms with Gasteiger partial charge in [0.2, 0.25) is 0 Å². The maximum atomic E-state index is 6.21. The molecule has 2 unspecified atom stereocenters. The number of likely N-dealkylation sites (tertiary alicyclic amines) is 1. The number of methoxy groups -OCH3 is 1. The minimum Gasteiger partial charge on any atom is -0.399 e. The Hall–Kier alpha value is -0.770. The van der Waals surface area contributed by atoms with Gasteiger partial charge in [0.05, 0.1) is 6.10 Å². The smallest absolute Gasteiger partial charge is 0.0724 e. The largest absolute Gasteiger partial charge is 0.399 e. The third kappa shape index (κ3) is 3.16. The van der Waals surface area contributed by atoms with Gasteiger partial charge in [-0.15, -0.1) is 0 Å². The van der Waals surface area contributed by atoms with Gasteiger partial charge in [0, 0.05) is 30.9 Å². The van der Waals surface area contributed by atoms with Gasteiger partial charge in [-0.2, -0.15) is 0 Å². The molecular weight excluding hydrogens is 248 g/mol. The standard InChI is InChI=1S/C14H21ClN2O/c1-10-5-6-17(9-14(10)18-2)8-11-3-4-12(16)7-13(11)15/h3-4,7,10,14H,5-6,8-9,16H2,1-2H3. The predicted octanol–water partition coefficient (Wildman–Crippen LogP) is 2.78. The molecule has 2 atom stereocenters. The highest BCUT2D eigenvalue weighted by atomic mass is 35.5. The summed E-state index contributed by atoms with van der Waals surface area (Å²) in [6, 6.07) is 5.73. The molecule has 3 nitrogen and oxygen atoms in total. The van der Waals surface area contributed by atoms with E-state index in [2.05, 4.69) is 11.8 Å². The van der Waals surface area contributed by atoms with E-state index in [1.54, 1.807) is 7.11 Å². The number of hydrogen-bond acceptors (Lipinski definition) is 3.